The van der Waals surface area contributed by atoms with Gasteiger partial charge in [-0.05, 0) is 55.3 Å². The summed E-state index contributed by atoms with van der Waals surface area (Å²) in [6.45, 7) is 7.85. The van der Waals surface area contributed by atoms with Gasteiger partial charge in [-0.2, -0.15) is 0 Å². The highest BCUT2D eigenvalue weighted by molar-refractivity contribution is 6.32. The third-order valence-electron chi connectivity index (χ3n) is 4.86. The van der Waals surface area contributed by atoms with E-state index in [-0.39, 0.29) is 12.0 Å². The molecule has 2 heterocycles. The lowest BCUT2D eigenvalue weighted by Gasteiger charge is -2.34. The Kier molecular flexibility index (Phi) is 7.71. The Morgan fingerprint density at radius 2 is 1.90 bits per heavy atom. The predicted molar refractivity (Wildman–Crippen MR) is 119 cm³/mol. The fourth-order valence-electron chi connectivity index (χ4n) is 3.33. The van der Waals surface area contributed by atoms with Crippen molar-refractivity contribution in [3.8, 4) is 11.5 Å². The van der Waals surface area contributed by atoms with Gasteiger partial charge < -0.3 is 14.4 Å². The Morgan fingerprint density at radius 3 is 2.53 bits per heavy atom. The molecule has 0 spiro atoms. The lowest BCUT2D eigenvalue weighted by molar-refractivity contribution is -0.127. The number of pyridine rings is 1. The predicted octanol–water partition coefficient (Wildman–Crippen LogP) is 3.89. The number of amides is 1. The van der Waals surface area contributed by atoms with Crippen molar-refractivity contribution in [3.63, 3.8) is 0 Å². The monoisotopic (exact) mass is 429 g/mol. The SMILES string of the molecule is COc1cc(/C=C/C(=O)N2CCN(Cc3ccncc3)CC2)cc(Cl)c1OC(C)C. The molecule has 30 heavy (non-hydrogen) atoms. The smallest absolute Gasteiger partial charge is 0.246 e. The standard InChI is InChI=1S/C23H28ClN3O3/c1-17(2)30-23-20(24)14-19(15-21(23)29-3)4-5-22(28)27-12-10-26(11-13-27)16-18-6-8-25-9-7-18/h4-9,14-15,17H,10-13,16H2,1-3H3/b5-4+. The number of ether oxygens (including phenoxy) is 2. The Hall–Kier alpha value is -2.57. The van der Waals surface area contributed by atoms with Crippen LogP contribution in [0.4, 0.5) is 0 Å². The summed E-state index contributed by atoms with van der Waals surface area (Å²) in [5.41, 5.74) is 2.03. The van der Waals surface area contributed by atoms with E-state index in [0.29, 0.717) is 29.6 Å². The van der Waals surface area contributed by atoms with Crippen molar-refractivity contribution in [1.29, 1.82) is 0 Å². The first-order valence-corrected chi connectivity index (χ1v) is 10.5. The summed E-state index contributed by atoms with van der Waals surface area (Å²) in [5, 5.41) is 0.458. The number of benzene rings is 1. The first-order chi connectivity index (χ1) is 14.5. The van der Waals surface area contributed by atoms with Crippen molar-refractivity contribution in [2.24, 2.45) is 0 Å². The number of carbonyl (C=O) groups is 1. The number of nitrogens with zero attached hydrogens (tertiary/aromatic N) is 3. The van der Waals surface area contributed by atoms with E-state index in [0.717, 1.165) is 25.2 Å². The van der Waals surface area contributed by atoms with Crippen LogP contribution in [0.25, 0.3) is 6.08 Å². The molecule has 3 rings (SSSR count). The van der Waals surface area contributed by atoms with Crippen LogP contribution < -0.4 is 9.47 Å². The molecule has 0 atom stereocenters. The Balaban J connectivity index is 1.58. The van der Waals surface area contributed by atoms with E-state index in [4.69, 9.17) is 21.1 Å². The maximum absolute atomic E-state index is 12.6. The summed E-state index contributed by atoms with van der Waals surface area (Å²) in [4.78, 5) is 20.9. The van der Waals surface area contributed by atoms with Gasteiger partial charge in [0.1, 0.15) is 0 Å². The molecule has 160 valence electrons. The molecule has 7 heteroatoms. The highest BCUT2D eigenvalue weighted by atomic mass is 35.5. The Labute approximate surface area is 183 Å². The number of hydrogen-bond donors (Lipinski definition) is 0. The van der Waals surface area contributed by atoms with Crippen LogP contribution >= 0.6 is 11.6 Å². The number of carbonyl (C=O) groups excluding carboxylic acids is 1. The molecule has 1 amide bonds. The second kappa shape index (κ2) is 10.5. The van der Waals surface area contributed by atoms with Crippen LogP contribution in [0, 0.1) is 0 Å². The molecule has 2 aromatic rings. The molecule has 0 saturated carbocycles. The quantitative estimate of drug-likeness (QED) is 0.625. The van der Waals surface area contributed by atoms with Crippen molar-refractivity contribution in [1.82, 2.24) is 14.8 Å². The van der Waals surface area contributed by atoms with E-state index < -0.39 is 0 Å². The van der Waals surface area contributed by atoms with Crippen LogP contribution in [0.1, 0.15) is 25.0 Å². The van der Waals surface area contributed by atoms with E-state index in [1.807, 2.05) is 49.3 Å². The van der Waals surface area contributed by atoms with Gasteiger partial charge in [-0.3, -0.25) is 14.7 Å². The summed E-state index contributed by atoms with van der Waals surface area (Å²) >= 11 is 6.36. The molecule has 1 aliphatic heterocycles. The maximum Gasteiger partial charge on any atom is 0.246 e. The molecular formula is C23H28ClN3O3. The lowest BCUT2D eigenvalue weighted by atomic mass is 10.1. The molecule has 1 aromatic carbocycles. The van der Waals surface area contributed by atoms with Crippen LogP contribution in [0.3, 0.4) is 0 Å². The zero-order valence-electron chi connectivity index (χ0n) is 17.7. The van der Waals surface area contributed by atoms with Gasteiger partial charge in [0.2, 0.25) is 5.91 Å². The van der Waals surface area contributed by atoms with Gasteiger partial charge in [0.25, 0.3) is 0 Å². The minimum absolute atomic E-state index is 0.00356. The summed E-state index contributed by atoms with van der Waals surface area (Å²) in [5.74, 6) is 1.06. The molecule has 1 fully saturated rings. The number of aromatic nitrogens is 1. The second-order valence-electron chi connectivity index (χ2n) is 7.49. The van der Waals surface area contributed by atoms with Gasteiger partial charge in [0.05, 0.1) is 18.2 Å². The topological polar surface area (TPSA) is 54.9 Å². The molecule has 1 aliphatic rings. The highest BCUT2D eigenvalue weighted by Gasteiger charge is 2.20. The summed E-state index contributed by atoms with van der Waals surface area (Å²) < 4.78 is 11.1. The van der Waals surface area contributed by atoms with Gasteiger partial charge in [-0.15, -0.1) is 0 Å². The molecular weight excluding hydrogens is 402 g/mol. The maximum atomic E-state index is 12.6. The van der Waals surface area contributed by atoms with Gasteiger partial charge >= 0.3 is 0 Å². The van der Waals surface area contributed by atoms with Crippen molar-refractivity contribution in [2.75, 3.05) is 33.3 Å². The first-order valence-electron chi connectivity index (χ1n) is 10.1. The molecule has 0 N–H and O–H groups in total. The average Bonchev–Trinajstić information content (AvgIpc) is 2.74. The van der Waals surface area contributed by atoms with Crippen LogP contribution in [0.2, 0.25) is 5.02 Å². The van der Waals surface area contributed by atoms with Crippen LogP contribution in [-0.4, -0.2) is 60.1 Å². The van der Waals surface area contributed by atoms with Crippen LogP contribution in [0.15, 0.2) is 42.7 Å². The van der Waals surface area contributed by atoms with Gasteiger partial charge in [0, 0.05) is 51.2 Å². The lowest BCUT2D eigenvalue weighted by Crippen LogP contribution is -2.47. The molecule has 1 saturated heterocycles. The molecule has 0 radical (unpaired) electrons. The fourth-order valence-corrected chi connectivity index (χ4v) is 3.60. The largest absolute Gasteiger partial charge is 0.493 e. The number of hydrogen-bond acceptors (Lipinski definition) is 5. The number of rotatable bonds is 7. The number of methoxy groups -OCH3 is 1. The Bertz CT molecular complexity index is 879. The normalized spacial score (nSPS) is 15.0. The molecule has 0 unspecified atom stereocenters. The van der Waals surface area contributed by atoms with Crippen LogP contribution in [0.5, 0.6) is 11.5 Å². The van der Waals surface area contributed by atoms with Crippen molar-refractivity contribution < 1.29 is 14.3 Å². The second-order valence-corrected chi connectivity index (χ2v) is 7.90. The van der Waals surface area contributed by atoms with E-state index in [1.165, 1.54) is 5.56 Å². The van der Waals surface area contributed by atoms with E-state index in [1.54, 1.807) is 25.3 Å². The highest BCUT2D eigenvalue weighted by Crippen LogP contribution is 2.37. The molecule has 1 aromatic heterocycles. The van der Waals surface area contributed by atoms with E-state index >= 15 is 0 Å². The number of halogens is 1. The van der Waals surface area contributed by atoms with E-state index in [2.05, 4.69) is 9.88 Å². The van der Waals surface area contributed by atoms with Crippen molar-refractivity contribution in [2.45, 2.75) is 26.5 Å². The molecule has 0 aliphatic carbocycles. The van der Waals surface area contributed by atoms with E-state index in [9.17, 15) is 4.79 Å². The third kappa shape index (κ3) is 5.97. The van der Waals surface area contributed by atoms with Gasteiger partial charge in [-0.25, -0.2) is 0 Å². The third-order valence-corrected chi connectivity index (χ3v) is 5.14. The van der Waals surface area contributed by atoms with Gasteiger partial charge in [-0.1, -0.05) is 11.6 Å². The minimum atomic E-state index is -0.0170. The van der Waals surface area contributed by atoms with Gasteiger partial charge in [0.15, 0.2) is 11.5 Å². The molecule has 0 bridgehead atoms. The van der Waals surface area contributed by atoms with Crippen molar-refractivity contribution in [3.05, 3.63) is 58.9 Å². The summed E-state index contributed by atoms with van der Waals surface area (Å²) in [7, 11) is 1.57. The van der Waals surface area contributed by atoms with Crippen LogP contribution in [-0.2, 0) is 11.3 Å². The van der Waals surface area contributed by atoms with Crippen molar-refractivity contribution >= 4 is 23.6 Å². The first kappa shape index (κ1) is 22.1. The fraction of sp³-hybridized carbons (Fsp3) is 0.391. The zero-order valence-corrected chi connectivity index (χ0v) is 18.4. The number of piperazine rings is 1. The molecule has 6 nitrogen and oxygen atoms in total. The average molecular weight is 430 g/mol. The summed E-state index contributed by atoms with van der Waals surface area (Å²) in [6.07, 6.45) is 6.95. The zero-order chi connectivity index (χ0) is 21.5. The summed E-state index contributed by atoms with van der Waals surface area (Å²) in [6, 6.07) is 7.65. The minimum Gasteiger partial charge on any atom is -0.493 e. The Morgan fingerprint density at radius 1 is 1.20 bits per heavy atom.